The summed E-state index contributed by atoms with van der Waals surface area (Å²) in [5.41, 5.74) is 10.1. The van der Waals surface area contributed by atoms with Crippen LogP contribution in [0.4, 0.5) is 0 Å². The van der Waals surface area contributed by atoms with Gasteiger partial charge in [-0.25, -0.2) is 0 Å². The fourth-order valence-electron chi connectivity index (χ4n) is 0.118. The average molecular weight is 119 g/mol. The van der Waals surface area contributed by atoms with Crippen LogP contribution in [0.2, 0.25) is 0 Å². The van der Waals surface area contributed by atoms with Gasteiger partial charge in [-0.05, 0) is 33.6 Å². The minimum atomic E-state index is 0.719. The third-order valence-corrected chi connectivity index (χ3v) is 0.408. The van der Waals surface area contributed by atoms with E-state index < -0.39 is 0 Å². The summed E-state index contributed by atoms with van der Waals surface area (Å²) in [6.07, 6.45) is 0.944. The molecule has 52 valence electrons. The van der Waals surface area contributed by atoms with Gasteiger partial charge in [0, 0.05) is 0 Å². The first-order valence-corrected chi connectivity index (χ1v) is 2.82. The zero-order chi connectivity index (χ0) is 6.83. The highest BCUT2D eigenvalue weighted by Crippen LogP contribution is 1.58. The Bertz CT molecular complexity index is 21.6. The van der Waals surface area contributed by atoms with Gasteiger partial charge in [0.25, 0.3) is 0 Å². The molecule has 0 aliphatic heterocycles. The molecule has 0 aromatic heterocycles. The summed E-state index contributed by atoms with van der Waals surface area (Å²) in [5.74, 6) is 0. The van der Waals surface area contributed by atoms with Gasteiger partial charge in [-0.15, -0.1) is 0 Å². The van der Waals surface area contributed by atoms with E-state index in [1.807, 2.05) is 14.1 Å². The minimum Gasteiger partial charge on any atom is -0.330 e. The van der Waals surface area contributed by atoms with Crippen LogP contribution in [0.1, 0.15) is 6.42 Å². The zero-order valence-electron chi connectivity index (χ0n) is 5.78. The summed E-state index contributed by atoms with van der Waals surface area (Å²) < 4.78 is 0. The van der Waals surface area contributed by atoms with Crippen molar-refractivity contribution >= 4 is 0 Å². The van der Waals surface area contributed by atoms with Gasteiger partial charge in [-0.1, -0.05) is 0 Å². The van der Waals surface area contributed by atoms with Gasteiger partial charge in [-0.3, -0.25) is 0 Å². The van der Waals surface area contributed by atoms with Gasteiger partial charge in [0.1, 0.15) is 0 Å². The summed E-state index contributed by atoms with van der Waals surface area (Å²) in [5, 5.41) is 2.75. The molecule has 0 bridgehead atoms. The predicted octanol–water partition coefficient (Wildman–Crippen LogP) is -0.870. The summed E-state index contributed by atoms with van der Waals surface area (Å²) in [6, 6.07) is 0. The van der Waals surface area contributed by atoms with Crippen LogP contribution in [-0.2, 0) is 0 Å². The van der Waals surface area contributed by atoms with Crippen LogP contribution >= 0.6 is 0 Å². The normalized spacial score (nSPS) is 7.50. The van der Waals surface area contributed by atoms with E-state index in [4.69, 9.17) is 11.5 Å². The van der Waals surface area contributed by atoms with E-state index in [1.54, 1.807) is 0 Å². The molecular formula is C5H17N3. The highest BCUT2D eigenvalue weighted by atomic mass is 14.7. The summed E-state index contributed by atoms with van der Waals surface area (Å²) >= 11 is 0. The summed E-state index contributed by atoms with van der Waals surface area (Å²) in [6.45, 7) is 1.44. The van der Waals surface area contributed by atoms with Gasteiger partial charge in [0.05, 0.1) is 0 Å². The molecule has 3 heteroatoms. The molecule has 0 rings (SSSR count). The molecule has 0 aromatic carbocycles. The topological polar surface area (TPSA) is 64.1 Å². The Morgan fingerprint density at radius 1 is 1.12 bits per heavy atom. The lowest BCUT2D eigenvalue weighted by molar-refractivity contribution is 0.844. The second-order valence-corrected chi connectivity index (χ2v) is 1.43. The highest BCUT2D eigenvalue weighted by Gasteiger charge is 1.67. The van der Waals surface area contributed by atoms with Gasteiger partial charge >= 0.3 is 0 Å². The molecule has 0 saturated carbocycles. The van der Waals surface area contributed by atoms with Crippen LogP contribution in [0.5, 0.6) is 0 Å². The molecule has 0 unspecified atom stereocenters. The molecule has 0 heterocycles. The van der Waals surface area contributed by atoms with E-state index in [1.165, 1.54) is 0 Å². The van der Waals surface area contributed by atoms with E-state index in [-0.39, 0.29) is 0 Å². The molecule has 5 N–H and O–H groups in total. The largest absolute Gasteiger partial charge is 0.330 e. The van der Waals surface area contributed by atoms with Crippen molar-refractivity contribution in [3.63, 3.8) is 0 Å². The Balaban J connectivity index is 0. The fraction of sp³-hybridized carbons (Fsp3) is 1.00. The molecule has 0 radical (unpaired) electrons. The van der Waals surface area contributed by atoms with Crippen LogP contribution in [0.3, 0.4) is 0 Å². The minimum absolute atomic E-state index is 0.719. The molecule has 0 aliphatic carbocycles. The van der Waals surface area contributed by atoms with Crippen LogP contribution in [0.15, 0.2) is 0 Å². The molecule has 0 fully saturated rings. The molecule has 3 nitrogen and oxygen atoms in total. The lowest BCUT2D eigenvalue weighted by atomic mass is 10.4. The van der Waals surface area contributed by atoms with E-state index in [9.17, 15) is 0 Å². The van der Waals surface area contributed by atoms with Crippen LogP contribution < -0.4 is 16.8 Å². The molecule has 0 aromatic rings. The fourth-order valence-corrected chi connectivity index (χ4v) is 0.118. The molecule has 0 amide bonds. The van der Waals surface area contributed by atoms with E-state index in [2.05, 4.69) is 5.32 Å². The van der Waals surface area contributed by atoms with Crippen molar-refractivity contribution in [1.82, 2.24) is 5.32 Å². The molecular weight excluding hydrogens is 102 g/mol. The first kappa shape index (κ1) is 10.8. The molecule has 0 atom stereocenters. The van der Waals surface area contributed by atoms with Crippen LogP contribution in [0.25, 0.3) is 0 Å². The molecule has 0 spiro atoms. The standard InChI is InChI=1S/C3H10N2.C2H7N/c4-2-1-3-5;1-3-2/h1-5H2;3H,1-2H3. The summed E-state index contributed by atoms with van der Waals surface area (Å²) in [4.78, 5) is 0. The molecule has 8 heavy (non-hydrogen) atoms. The maximum absolute atomic E-state index is 5.06. The van der Waals surface area contributed by atoms with Crippen molar-refractivity contribution in [2.24, 2.45) is 11.5 Å². The molecule has 0 aliphatic rings. The van der Waals surface area contributed by atoms with Crippen molar-refractivity contribution < 1.29 is 0 Å². The van der Waals surface area contributed by atoms with Gasteiger partial charge in [0.2, 0.25) is 0 Å². The van der Waals surface area contributed by atoms with Crippen molar-refractivity contribution in [2.45, 2.75) is 6.42 Å². The first-order valence-electron chi connectivity index (χ1n) is 2.82. The second-order valence-electron chi connectivity index (χ2n) is 1.43. The van der Waals surface area contributed by atoms with Gasteiger partial charge < -0.3 is 16.8 Å². The Hall–Kier alpha value is -0.120. The third-order valence-electron chi connectivity index (χ3n) is 0.408. The number of hydrogen-bond donors (Lipinski definition) is 3. The molecule has 0 saturated heterocycles. The first-order chi connectivity index (χ1) is 3.83. The van der Waals surface area contributed by atoms with Crippen LogP contribution in [0, 0.1) is 0 Å². The number of rotatable bonds is 2. The maximum atomic E-state index is 5.06. The maximum Gasteiger partial charge on any atom is -0.00653 e. The van der Waals surface area contributed by atoms with Gasteiger partial charge in [0.15, 0.2) is 0 Å². The zero-order valence-corrected chi connectivity index (χ0v) is 5.78. The van der Waals surface area contributed by atoms with Crippen molar-refractivity contribution in [2.75, 3.05) is 27.2 Å². The van der Waals surface area contributed by atoms with E-state index in [0.717, 1.165) is 19.5 Å². The summed E-state index contributed by atoms with van der Waals surface area (Å²) in [7, 11) is 3.75. The Labute approximate surface area is 51.4 Å². The van der Waals surface area contributed by atoms with Crippen molar-refractivity contribution in [3.05, 3.63) is 0 Å². The Kier molecular flexibility index (Phi) is 21.3. The monoisotopic (exact) mass is 119 g/mol. The quantitative estimate of drug-likeness (QED) is 0.443. The second kappa shape index (κ2) is 15.8. The lowest BCUT2D eigenvalue weighted by Gasteiger charge is -1.81. The van der Waals surface area contributed by atoms with Gasteiger partial charge in [-0.2, -0.15) is 0 Å². The Morgan fingerprint density at radius 3 is 1.38 bits per heavy atom. The van der Waals surface area contributed by atoms with E-state index >= 15 is 0 Å². The third kappa shape index (κ3) is 39.6. The Morgan fingerprint density at radius 2 is 1.38 bits per heavy atom. The van der Waals surface area contributed by atoms with E-state index in [0.29, 0.717) is 0 Å². The SMILES string of the molecule is CNC.NCCCN. The average Bonchev–Trinajstić information content (AvgIpc) is 1.71. The number of nitrogens with two attached hydrogens (primary N) is 2. The predicted molar refractivity (Wildman–Crippen MR) is 37.7 cm³/mol. The lowest BCUT2D eigenvalue weighted by Crippen LogP contribution is -2.06. The number of hydrogen-bond acceptors (Lipinski definition) is 3. The van der Waals surface area contributed by atoms with Crippen molar-refractivity contribution in [1.29, 1.82) is 0 Å². The van der Waals surface area contributed by atoms with Crippen molar-refractivity contribution in [3.8, 4) is 0 Å². The highest BCUT2D eigenvalue weighted by molar-refractivity contribution is 4.33. The smallest absolute Gasteiger partial charge is 0.00653 e. The van der Waals surface area contributed by atoms with Crippen LogP contribution in [-0.4, -0.2) is 27.2 Å². The number of nitrogens with one attached hydrogen (secondary N) is 1.